The van der Waals surface area contributed by atoms with Crippen LogP contribution >= 0.6 is 12.2 Å². The Morgan fingerprint density at radius 3 is 2.29 bits per heavy atom. The topological polar surface area (TPSA) is 59.6 Å². The van der Waals surface area contributed by atoms with Gasteiger partial charge in [0.25, 0.3) is 5.91 Å². The average molecular weight is 392 g/mol. The van der Waals surface area contributed by atoms with Crippen LogP contribution in [0.25, 0.3) is 0 Å². The molecule has 0 bridgehead atoms. The summed E-state index contributed by atoms with van der Waals surface area (Å²) in [6.07, 6.45) is 0. The second-order valence-electron chi connectivity index (χ2n) is 5.88. The lowest BCUT2D eigenvalue weighted by atomic mass is 10.2. The molecule has 2 N–H and O–H groups in total. The molecule has 3 aromatic rings. The van der Waals surface area contributed by atoms with E-state index >= 15 is 0 Å². The molecule has 3 rings (SSSR count). The maximum atomic E-state index is 12.5. The second-order valence-corrected chi connectivity index (χ2v) is 6.29. The highest BCUT2D eigenvalue weighted by Gasteiger charge is 2.14. The molecule has 142 valence electrons. The summed E-state index contributed by atoms with van der Waals surface area (Å²) in [5.74, 6) is 0.771. The number of hydrogen-bond acceptors (Lipinski definition) is 4. The Balaban J connectivity index is 1.65. The third kappa shape index (κ3) is 5.08. The Morgan fingerprint density at radius 2 is 1.54 bits per heavy atom. The van der Waals surface area contributed by atoms with Gasteiger partial charge in [0.05, 0.1) is 18.4 Å². The number of amides is 1. The summed E-state index contributed by atoms with van der Waals surface area (Å²) >= 11 is 5.29. The number of carbonyl (C=O) groups excluding carboxylic acids is 1. The number of para-hydroxylation sites is 3. The van der Waals surface area contributed by atoms with Crippen LogP contribution in [0.5, 0.6) is 11.5 Å². The highest BCUT2D eigenvalue weighted by atomic mass is 32.1. The van der Waals surface area contributed by atoms with Gasteiger partial charge in [-0.25, -0.2) is 0 Å². The first-order valence-electron chi connectivity index (χ1n) is 8.68. The van der Waals surface area contributed by atoms with Crippen LogP contribution in [0.2, 0.25) is 0 Å². The minimum Gasteiger partial charge on any atom is -0.496 e. The standard InChI is InChI=1S/C22H20N2O3S/c1-26-19-13-7-5-11-17(19)21(25)24-22(28)23-18-12-6-8-14-20(18)27-15-16-9-3-2-4-10-16/h2-14H,15H2,1H3,(H2,23,24,25,28). The Morgan fingerprint density at radius 1 is 0.893 bits per heavy atom. The van der Waals surface area contributed by atoms with E-state index in [1.165, 1.54) is 7.11 Å². The molecule has 0 aliphatic rings. The first kappa shape index (κ1) is 19.4. The minimum atomic E-state index is -0.349. The lowest BCUT2D eigenvalue weighted by molar-refractivity contribution is 0.0975. The Kier molecular flexibility index (Phi) is 6.59. The largest absolute Gasteiger partial charge is 0.496 e. The Hall–Kier alpha value is -3.38. The summed E-state index contributed by atoms with van der Waals surface area (Å²) in [5, 5.41) is 5.86. The van der Waals surface area contributed by atoms with Crippen molar-refractivity contribution in [2.45, 2.75) is 6.61 Å². The van der Waals surface area contributed by atoms with E-state index in [2.05, 4.69) is 10.6 Å². The lowest BCUT2D eigenvalue weighted by Crippen LogP contribution is -2.34. The highest BCUT2D eigenvalue weighted by molar-refractivity contribution is 7.80. The van der Waals surface area contributed by atoms with Crippen LogP contribution in [-0.4, -0.2) is 18.1 Å². The van der Waals surface area contributed by atoms with Crippen molar-refractivity contribution in [3.05, 3.63) is 90.0 Å². The fourth-order valence-electron chi connectivity index (χ4n) is 2.59. The molecule has 0 saturated heterocycles. The Bertz CT molecular complexity index is 961. The van der Waals surface area contributed by atoms with E-state index in [4.69, 9.17) is 21.7 Å². The number of ether oxygens (including phenoxy) is 2. The van der Waals surface area contributed by atoms with Gasteiger partial charge in [0.15, 0.2) is 5.11 Å². The van der Waals surface area contributed by atoms with E-state index in [1.54, 1.807) is 24.3 Å². The molecule has 0 aromatic heterocycles. The van der Waals surface area contributed by atoms with Crippen LogP contribution in [0.4, 0.5) is 5.69 Å². The highest BCUT2D eigenvalue weighted by Crippen LogP contribution is 2.25. The minimum absolute atomic E-state index is 0.173. The number of methoxy groups -OCH3 is 1. The van der Waals surface area contributed by atoms with Gasteiger partial charge in [0, 0.05) is 0 Å². The predicted octanol–water partition coefficient (Wildman–Crippen LogP) is 4.40. The molecule has 6 heteroatoms. The maximum Gasteiger partial charge on any atom is 0.261 e. The van der Waals surface area contributed by atoms with E-state index in [0.717, 1.165) is 5.56 Å². The molecule has 1 amide bonds. The SMILES string of the molecule is COc1ccccc1C(=O)NC(=S)Nc1ccccc1OCc1ccccc1. The average Bonchev–Trinajstić information content (AvgIpc) is 2.73. The molecule has 0 unspecified atom stereocenters. The number of hydrogen-bond donors (Lipinski definition) is 2. The number of rotatable bonds is 6. The summed E-state index contributed by atoms with van der Waals surface area (Å²) in [4.78, 5) is 12.5. The van der Waals surface area contributed by atoms with Crippen LogP contribution in [-0.2, 0) is 6.61 Å². The van der Waals surface area contributed by atoms with Gasteiger partial charge in [-0.1, -0.05) is 54.6 Å². The monoisotopic (exact) mass is 392 g/mol. The number of nitrogens with one attached hydrogen (secondary N) is 2. The van der Waals surface area contributed by atoms with Gasteiger partial charge in [-0.2, -0.15) is 0 Å². The zero-order valence-corrected chi connectivity index (χ0v) is 16.2. The van der Waals surface area contributed by atoms with Gasteiger partial charge in [-0.05, 0) is 42.0 Å². The van der Waals surface area contributed by atoms with E-state index in [-0.39, 0.29) is 11.0 Å². The third-order valence-corrected chi connectivity index (χ3v) is 4.16. The number of anilines is 1. The molecular weight excluding hydrogens is 372 g/mol. The van der Waals surface area contributed by atoms with Crippen molar-refractivity contribution in [3.63, 3.8) is 0 Å². The van der Waals surface area contributed by atoms with Crippen LogP contribution < -0.4 is 20.1 Å². The zero-order chi connectivity index (χ0) is 19.8. The van der Waals surface area contributed by atoms with Crippen molar-refractivity contribution in [1.29, 1.82) is 0 Å². The summed E-state index contributed by atoms with van der Waals surface area (Å²) in [5.41, 5.74) is 2.14. The number of benzene rings is 3. The van der Waals surface area contributed by atoms with E-state index in [0.29, 0.717) is 29.4 Å². The van der Waals surface area contributed by atoms with Crippen LogP contribution in [0.15, 0.2) is 78.9 Å². The van der Waals surface area contributed by atoms with Crippen molar-refractivity contribution in [2.24, 2.45) is 0 Å². The molecule has 0 aliphatic heterocycles. The fourth-order valence-corrected chi connectivity index (χ4v) is 2.79. The van der Waals surface area contributed by atoms with Crippen LogP contribution in [0.3, 0.4) is 0 Å². The van der Waals surface area contributed by atoms with Crippen molar-refractivity contribution in [3.8, 4) is 11.5 Å². The second kappa shape index (κ2) is 9.53. The summed E-state index contributed by atoms with van der Waals surface area (Å²) in [6, 6.07) is 24.3. The fraction of sp³-hybridized carbons (Fsp3) is 0.0909. The quantitative estimate of drug-likeness (QED) is 0.609. The smallest absolute Gasteiger partial charge is 0.261 e. The first-order chi connectivity index (χ1) is 13.7. The van der Waals surface area contributed by atoms with Crippen molar-refractivity contribution in [2.75, 3.05) is 12.4 Å². The maximum absolute atomic E-state index is 12.5. The molecule has 0 aliphatic carbocycles. The van der Waals surface area contributed by atoms with E-state index in [9.17, 15) is 4.79 Å². The third-order valence-electron chi connectivity index (χ3n) is 3.95. The summed E-state index contributed by atoms with van der Waals surface area (Å²) in [7, 11) is 1.52. The molecule has 0 fully saturated rings. The number of thiocarbonyl (C=S) groups is 1. The summed E-state index contributed by atoms with van der Waals surface area (Å²) in [6.45, 7) is 0.430. The molecule has 0 radical (unpaired) electrons. The molecule has 0 heterocycles. The van der Waals surface area contributed by atoms with Crippen molar-refractivity contribution < 1.29 is 14.3 Å². The molecule has 0 spiro atoms. The van der Waals surface area contributed by atoms with Gasteiger partial charge in [-0.15, -0.1) is 0 Å². The number of carbonyl (C=O) groups is 1. The Labute approximate surface area is 169 Å². The van der Waals surface area contributed by atoms with Gasteiger partial charge < -0.3 is 14.8 Å². The van der Waals surface area contributed by atoms with Crippen LogP contribution in [0.1, 0.15) is 15.9 Å². The van der Waals surface area contributed by atoms with Crippen LogP contribution in [0, 0.1) is 0 Å². The lowest BCUT2D eigenvalue weighted by Gasteiger charge is -2.15. The summed E-state index contributed by atoms with van der Waals surface area (Å²) < 4.78 is 11.1. The molecule has 3 aromatic carbocycles. The molecular formula is C22H20N2O3S. The molecule has 28 heavy (non-hydrogen) atoms. The van der Waals surface area contributed by atoms with Gasteiger partial charge in [0.1, 0.15) is 18.1 Å². The normalized spacial score (nSPS) is 10.0. The van der Waals surface area contributed by atoms with Gasteiger partial charge in [-0.3, -0.25) is 10.1 Å². The van der Waals surface area contributed by atoms with Gasteiger partial charge in [0.2, 0.25) is 0 Å². The molecule has 0 atom stereocenters. The van der Waals surface area contributed by atoms with Crippen molar-refractivity contribution >= 4 is 28.9 Å². The predicted molar refractivity (Wildman–Crippen MR) is 114 cm³/mol. The zero-order valence-electron chi connectivity index (χ0n) is 15.3. The molecule has 5 nitrogen and oxygen atoms in total. The van der Waals surface area contributed by atoms with Crippen molar-refractivity contribution in [1.82, 2.24) is 5.32 Å². The van der Waals surface area contributed by atoms with E-state index < -0.39 is 0 Å². The molecule has 0 saturated carbocycles. The van der Waals surface area contributed by atoms with E-state index in [1.807, 2.05) is 54.6 Å². The first-order valence-corrected chi connectivity index (χ1v) is 9.09. The van der Waals surface area contributed by atoms with Gasteiger partial charge >= 0.3 is 0 Å².